The number of pyridine rings is 1. The van der Waals surface area contributed by atoms with Crippen molar-refractivity contribution < 1.29 is 22.8 Å². The lowest BCUT2D eigenvalue weighted by Gasteiger charge is -2.23. The van der Waals surface area contributed by atoms with Crippen molar-refractivity contribution in [2.24, 2.45) is 0 Å². The average molecular weight is 257 g/mol. The molecular weight excluding hydrogens is 242 g/mol. The molecule has 0 amide bonds. The van der Waals surface area contributed by atoms with Crippen molar-refractivity contribution >= 4 is 14.8 Å². The maximum Gasteiger partial charge on any atom is 0.539 e. The fourth-order valence-electron chi connectivity index (χ4n) is 1.15. The zero-order chi connectivity index (χ0) is 12.7. The van der Waals surface area contributed by atoms with Crippen LogP contribution < -0.4 is 0 Å². The second-order valence-electron chi connectivity index (χ2n) is 3.11. The highest BCUT2D eigenvalue weighted by Gasteiger charge is 2.40. The number of hydrogen-bond donors (Lipinski definition) is 0. The van der Waals surface area contributed by atoms with Crippen LogP contribution in [0.1, 0.15) is 10.4 Å². The molecule has 1 heterocycles. The van der Waals surface area contributed by atoms with E-state index >= 15 is 0 Å². The molecule has 0 aliphatic carbocycles. The molecule has 0 spiro atoms. The molecule has 17 heavy (non-hydrogen) atoms. The van der Waals surface area contributed by atoms with E-state index in [9.17, 15) is 4.79 Å². The molecule has 0 saturated carbocycles. The van der Waals surface area contributed by atoms with Gasteiger partial charge in [-0.3, -0.25) is 4.98 Å². The van der Waals surface area contributed by atoms with E-state index in [0.29, 0.717) is 5.56 Å². The number of ether oxygens (including phenoxy) is 1. The molecule has 0 fully saturated rings. The number of esters is 1. The third-order valence-electron chi connectivity index (χ3n) is 2.23. The van der Waals surface area contributed by atoms with Crippen LogP contribution in [0, 0.1) is 0 Å². The van der Waals surface area contributed by atoms with Crippen molar-refractivity contribution in [1.82, 2.24) is 4.98 Å². The van der Waals surface area contributed by atoms with Crippen LogP contribution in [0.15, 0.2) is 24.5 Å². The number of hydrogen-bond acceptors (Lipinski definition) is 6. The summed E-state index contributed by atoms with van der Waals surface area (Å²) in [6.45, 7) is 0. The van der Waals surface area contributed by atoms with Gasteiger partial charge >= 0.3 is 14.8 Å². The molecule has 0 aromatic carbocycles. The summed E-state index contributed by atoms with van der Waals surface area (Å²) in [5.74, 6) is -0.463. The maximum absolute atomic E-state index is 11.6. The molecule has 7 heteroatoms. The highest BCUT2D eigenvalue weighted by molar-refractivity contribution is 6.60. The fourth-order valence-corrected chi connectivity index (χ4v) is 2.31. The minimum absolute atomic E-state index is 0.0301. The van der Waals surface area contributed by atoms with E-state index in [1.165, 1.54) is 33.7 Å². The third-order valence-corrected chi connectivity index (χ3v) is 4.59. The minimum atomic E-state index is -2.87. The molecule has 0 atom stereocenters. The van der Waals surface area contributed by atoms with E-state index in [0.717, 1.165) is 0 Å². The van der Waals surface area contributed by atoms with Gasteiger partial charge in [-0.2, -0.15) is 0 Å². The Labute approximate surface area is 101 Å². The van der Waals surface area contributed by atoms with Gasteiger partial charge in [0.25, 0.3) is 0 Å². The molecule has 0 N–H and O–H groups in total. The van der Waals surface area contributed by atoms with Gasteiger partial charge in [0.1, 0.15) is 0 Å². The number of aromatic nitrogens is 1. The van der Waals surface area contributed by atoms with Gasteiger partial charge in [-0.1, -0.05) is 0 Å². The van der Waals surface area contributed by atoms with Gasteiger partial charge in [0.15, 0.2) is 6.23 Å². The Bertz CT molecular complexity index is 347. The van der Waals surface area contributed by atoms with Gasteiger partial charge in [-0.15, -0.1) is 0 Å². The lowest BCUT2D eigenvalue weighted by molar-refractivity contribution is 0.0397. The van der Waals surface area contributed by atoms with Gasteiger partial charge in [0.05, 0.1) is 5.56 Å². The first-order valence-electron chi connectivity index (χ1n) is 4.90. The van der Waals surface area contributed by atoms with E-state index in [-0.39, 0.29) is 6.23 Å². The van der Waals surface area contributed by atoms with Crippen LogP contribution in [0.5, 0.6) is 0 Å². The molecule has 94 valence electrons. The van der Waals surface area contributed by atoms with Crippen molar-refractivity contribution in [2.75, 3.05) is 27.6 Å². The number of nitrogens with zero attached hydrogens (tertiary/aromatic N) is 1. The maximum atomic E-state index is 11.6. The first-order valence-corrected chi connectivity index (χ1v) is 6.83. The Morgan fingerprint density at radius 1 is 1.18 bits per heavy atom. The summed E-state index contributed by atoms with van der Waals surface area (Å²) in [5.41, 5.74) is 0.422. The molecule has 6 nitrogen and oxygen atoms in total. The van der Waals surface area contributed by atoms with Crippen LogP contribution in [0.4, 0.5) is 0 Å². The minimum Gasteiger partial charge on any atom is -0.457 e. The molecule has 0 saturated heterocycles. The standard InChI is InChI=1S/C10H15NO5Si/c1-13-17(14-2,15-3)8-16-10(12)9-4-6-11-7-5-9/h4-7H,8H2,1-3H3. The highest BCUT2D eigenvalue weighted by Crippen LogP contribution is 2.08. The molecule has 0 unspecified atom stereocenters. The Hall–Kier alpha value is -1.28. The van der Waals surface area contributed by atoms with E-state index in [1.807, 2.05) is 0 Å². The predicted octanol–water partition coefficient (Wildman–Crippen LogP) is 0.656. The van der Waals surface area contributed by atoms with Crippen molar-refractivity contribution in [1.29, 1.82) is 0 Å². The van der Waals surface area contributed by atoms with Crippen LogP contribution in [0.3, 0.4) is 0 Å². The smallest absolute Gasteiger partial charge is 0.457 e. The lowest BCUT2D eigenvalue weighted by Crippen LogP contribution is -2.48. The largest absolute Gasteiger partial charge is 0.539 e. The average Bonchev–Trinajstić information content (AvgIpc) is 2.41. The monoisotopic (exact) mass is 257 g/mol. The summed E-state index contributed by atoms with van der Waals surface area (Å²) >= 11 is 0. The van der Waals surface area contributed by atoms with Gasteiger partial charge in [0.2, 0.25) is 0 Å². The predicted molar refractivity (Wildman–Crippen MR) is 61.3 cm³/mol. The summed E-state index contributed by atoms with van der Waals surface area (Å²) in [5, 5.41) is 0. The van der Waals surface area contributed by atoms with Crippen LogP contribution in [0.2, 0.25) is 0 Å². The zero-order valence-electron chi connectivity index (χ0n) is 10.0. The van der Waals surface area contributed by atoms with Gasteiger partial charge in [-0.25, -0.2) is 4.79 Å². The van der Waals surface area contributed by atoms with Crippen molar-refractivity contribution in [2.45, 2.75) is 0 Å². The van der Waals surface area contributed by atoms with E-state index in [4.69, 9.17) is 18.0 Å². The van der Waals surface area contributed by atoms with Crippen molar-refractivity contribution in [3.8, 4) is 0 Å². The van der Waals surface area contributed by atoms with Crippen molar-refractivity contribution in [3.05, 3.63) is 30.1 Å². The molecule has 0 bridgehead atoms. The van der Waals surface area contributed by atoms with Crippen LogP contribution >= 0.6 is 0 Å². The van der Waals surface area contributed by atoms with Crippen LogP contribution in [-0.2, 0) is 18.0 Å². The van der Waals surface area contributed by atoms with E-state index < -0.39 is 14.8 Å². The van der Waals surface area contributed by atoms with Crippen LogP contribution in [-0.4, -0.2) is 47.3 Å². The lowest BCUT2D eigenvalue weighted by atomic mass is 10.3. The number of carbonyl (C=O) groups is 1. The normalized spacial score (nSPS) is 11.2. The SMILES string of the molecule is CO[Si](COC(=O)c1ccncc1)(OC)OC. The second kappa shape index (κ2) is 6.45. The molecule has 0 radical (unpaired) electrons. The zero-order valence-corrected chi connectivity index (χ0v) is 11.0. The molecule has 1 aromatic heterocycles. The first kappa shape index (κ1) is 13.8. The molecule has 1 rings (SSSR count). The highest BCUT2D eigenvalue weighted by atomic mass is 28.4. The Balaban J connectivity index is 2.59. The summed E-state index contributed by atoms with van der Waals surface area (Å²) in [6.07, 6.45) is 3.01. The summed E-state index contributed by atoms with van der Waals surface area (Å²) in [4.78, 5) is 15.5. The topological polar surface area (TPSA) is 66.9 Å². The fraction of sp³-hybridized carbons (Fsp3) is 0.400. The van der Waals surface area contributed by atoms with E-state index in [1.54, 1.807) is 12.1 Å². The van der Waals surface area contributed by atoms with Crippen LogP contribution in [0.25, 0.3) is 0 Å². The molecular formula is C10H15NO5Si. The second-order valence-corrected chi connectivity index (χ2v) is 5.99. The summed E-state index contributed by atoms with van der Waals surface area (Å²) < 4.78 is 20.5. The quantitative estimate of drug-likeness (QED) is 0.551. The Kier molecular flexibility index (Phi) is 5.23. The first-order chi connectivity index (χ1) is 8.17. The number of carbonyl (C=O) groups excluding carboxylic acids is 1. The number of rotatable bonds is 6. The third kappa shape index (κ3) is 3.60. The Morgan fingerprint density at radius 3 is 2.18 bits per heavy atom. The molecule has 1 aromatic rings. The molecule has 0 aliphatic heterocycles. The molecule has 0 aliphatic rings. The summed E-state index contributed by atoms with van der Waals surface area (Å²) in [6, 6.07) is 3.13. The summed E-state index contributed by atoms with van der Waals surface area (Å²) in [7, 11) is 1.50. The van der Waals surface area contributed by atoms with Gasteiger partial charge in [0, 0.05) is 33.7 Å². The van der Waals surface area contributed by atoms with E-state index in [2.05, 4.69) is 4.98 Å². The Morgan fingerprint density at radius 2 is 1.71 bits per heavy atom. The van der Waals surface area contributed by atoms with Gasteiger partial charge < -0.3 is 18.0 Å². The van der Waals surface area contributed by atoms with Crippen molar-refractivity contribution in [3.63, 3.8) is 0 Å². The van der Waals surface area contributed by atoms with Gasteiger partial charge in [-0.05, 0) is 12.1 Å².